The van der Waals surface area contributed by atoms with Crippen molar-refractivity contribution in [1.82, 2.24) is 0 Å². The van der Waals surface area contributed by atoms with Gasteiger partial charge >= 0.3 is 0 Å². The van der Waals surface area contributed by atoms with Crippen LogP contribution in [0.4, 0.5) is 5.69 Å². The Morgan fingerprint density at radius 3 is 2.84 bits per heavy atom. The zero-order valence-corrected chi connectivity index (χ0v) is 12.2. The number of sulfone groups is 1. The maximum absolute atomic E-state index is 12.2. The normalized spacial score (nSPS) is 27.7. The molecule has 0 radical (unpaired) electrons. The van der Waals surface area contributed by atoms with Crippen LogP contribution in [0.1, 0.15) is 13.3 Å². The standard InChI is InChI=1S/C13H15NO3S2/c1-2-13(15)14-9-5-3-4-6-11(9)18-12-8-19(16,17)7-10(12)14/h3-6,10,12H,2,7-8H2,1H3/t10-,12+/m1/s1. The number of hydrogen-bond donors (Lipinski definition) is 0. The summed E-state index contributed by atoms with van der Waals surface area (Å²) in [6.07, 6.45) is 0.391. The number of fused-ring (bicyclic) bond motifs is 2. The fraction of sp³-hybridized carbons (Fsp3) is 0.462. The summed E-state index contributed by atoms with van der Waals surface area (Å²) in [6.45, 7) is 1.81. The van der Waals surface area contributed by atoms with E-state index < -0.39 is 9.84 Å². The summed E-state index contributed by atoms with van der Waals surface area (Å²) in [7, 11) is -3.04. The number of benzene rings is 1. The predicted octanol–water partition coefficient (Wildman–Crippen LogP) is 1.70. The second kappa shape index (κ2) is 4.52. The van der Waals surface area contributed by atoms with Crippen molar-refractivity contribution in [2.24, 2.45) is 0 Å². The lowest BCUT2D eigenvalue weighted by atomic mass is 10.1. The Balaban J connectivity index is 2.09. The highest BCUT2D eigenvalue weighted by Crippen LogP contribution is 2.45. The predicted molar refractivity (Wildman–Crippen MR) is 76.3 cm³/mol. The largest absolute Gasteiger partial charge is 0.306 e. The fourth-order valence-corrected chi connectivity index (χ4v) is 6.66. The molecule has 1 amide bonds. The van der Waals surface area contributed by atoms with Gasteiger partial charge in [0.25, 0.3) is 0 Å². The van der Waals surface area contributed by atoms with Gasteiger partial charge in [0.05, 0.1) is 23.2 Å². The van der Waals surface area contributed by atoms with Crippen LogP contribution in [0.2, 0.25) is 0 Å². The van der Waals surface area contributed by atoms with E-state index in [0.29, 0.717) is 6.42 Å². The van der Waals surface area contributed by atoms with E-state index in [-0.39, 0.29) is 28.7 Å². The van der Waals surface area contributed by atoms with Crippen LogP contribution in [0, 0.1) is 0 Å². The van der Waals surface area contributed by atoms with Gasteiger partial charge in [-0.3, -0.25) is 4.79 Å². The van der Waals surface area contributed by atoms with Gasteiger partial charge in [-0.2, -0.15) is 0 Å². The van der Waals surface area contributed by atoms with E-state index >= 15 is 0 Å². The third-order valence-electron chi connectivity index (χ3n) is 3.58. The number of carbonyl (C=O) groups excluding carboxylic acids is 1. The summed E-state index contributed by atoms with van der Waals surface area (Å²) in [6, 6.07) is 7.45. The number of hydrogen-bond acceptors (Lipinski definition) is 4. The minimum Gasteiger partial charge on any atom is -0.306 e. The lowest BCUT2D eigenvalue weighted by Gasteiger charge is -2.37. The SMILES string of the molecule is CCC(=O)N1c2ccccc2S[C@H]2CS(=O)(=O)C[C@H]21. The minimum absolute atomic E-state index is 0.000139. The van der Waals surface area contributed by atoms with Crippen LogP contribution in [0.15, 0.2) is 29.2 Å². The van der Waals surface area contributed by atoms with Gasteiger partial charge in [-0.25, -0.2) is 8.42 Å². The number of nitrogens with zero attached hydrogens (tertiary/aromatic N) is 1. The molecule has 0 aromatic heterocycles. The van der Waals surface area contributed by atoms with Crippen molar-refractivity contribution < 1.29 is 13.2 Å². The van der Waals surface area contributed by atoms with Crippen molar-refractivity contribution in [2.75, 3.05) is 16.4 Å². The average molecular weight is 297 g/mol. The highest BCUT2D eigenvalue weighted by atomic mass is 32.2. The van der Waals surface area contributed by atoms with Crippen molar-refractivity contribution in [3.8, 4) is 0 Å². The van der Waals surface area contributed by atoms with Crippen LogP contribution in [0.3, 0.4) is 0 Å². The molecule has 0 unspecified atom stereocenters. The quantitative estimate of drug-likeness (QED) is 0.792. The second-order valence-electron chi connectivity index (χ2n) is 4.89. The monoisotopic (exact) mass is 297 g/mol. The molecule has 0 saturated carbocycles. The topological polar surface area (TPSA) is 54.5 Å². The van der Waals surface area contributed by atoms with Crippen LogP contribution in [-0.4, -0.2) is 37.1 Å². The first-order valence-electron chi connectivity index (χ1n) is 6.30. The molecule has 3 rings (SSSR count). The Morgan fingerprint density at radius 1 is 1.37 bits per heavy atom. The van der Waals surface area contributed by atoms with Crippen molar-refractivity contribution in [3.63, 3.8) is 0 Å². The van der Waals surface area contributed by atoms with Gasteiger partial charge < -0.3 is 4.90 Å². The van der Waals surface area contributed by atoms with Crippen LogP contribution in [0.5, 0.6) is 0 Å². The first-order chi connectivity index (χ1) is 9.02. The summed E-state index contributed by atoms with van der Waals surface area (Å²) in [5, 5.41) is -0.0320. The van der Waals surface area contributed by atoms with Crippen molar-refractivity contribution in [1.29, 1.82) is 0 Å². The van der Waals surface area contributed by atoms with Gasteiger partial charge in [-0.1, -0.05) is 19.1 Å². The third kappa shape index (κ3) is 2.17. The van der Waals surface area contributed by atoms with E-state index in [2.05, 4.69) is 0 Å². The highest BCUT2D eigenvalue weighted by molar-refractivity contribution is 8.02. The van der Waals surface area contributed by atoms with Crippen molar-refractivity contribution >= 4 is 33.2 Å². The molecule has 19 heavy (non-hydrogen) atoms. The lowest BCUT2D eigenvalue weighted by Crippen LogP contribution is -2.48. The van der Waals surface area contributed by atoms with E-state index in [1.807, 2.05) is 31.2 Å². The van der Waals surface area contributed by atoms with Crippen LogP contribution in [0.25, 0.3) is 0 Å². The molecule has 1 fully saturated rings. The Kier molecular flexibility index (Phi) is 3.09. The van der Waals surface area contributed by atoms with Crippen molar-refractivity contribution in [3.05, 3.63) is 24.3 Å². The van der Waals surface area contributed by atoms with E-state index in [4.69, 9.17) is 0 Å². The molecule has 1 saturated heterocycles. The molecule has 1 aromatic rings. The number of amides is 1. The number of carbonyl (C=O) groups is 1. The van der Waals surface area contributed by atoms with Gasteiger partial charge in [-0.05, 0) is 12.1 Å². The van der Waals surface area contributed by atoms with Gasteiger partial charge in [0.1, 0.15) is 0 Å². The zero-order valence-electron chi connectivity index (χ0n) is 10.6. The number of rotatable bonds is 1. The molecule has 2 atom stereocenters. The molecule has 1 aromatic carbocycles. The fourth-order valence-electron chi connectivity index (χ4n) is 2.74. The summed E-state index contributed by atoms with van der Waals surface area (Å²) >= 11 is 1.59. The lowest BCUT2D eigenvalue weighted by molar-refractivity contribution is -0.118. The molecule has 2 heterocycles. The highest BCUT2D eigenvalue weighted by Gasteiger charge is 2.46. The molecule has 6 heteroatoms. The van der Waals surface area contributed by atoms with Crippen LogP contribution < -0.4 is 4.90 Å². The molecular formula is C13H15NO3S2. The van der Waals surface area contributed by atoms with E-state index in [9.17, 15) is 13.2 Å². The van der Waals surface area contributed by atoms with Gasteiger partial charge in [0.15, 0.2) is 9.84 Å². The second-order valence-corrected chi connectivity index (χ2v) is 8.32. The third-order valence-corrected chi connectivity index (χ3v) is 6.89. The van der Waals surface area contributed by atoms with Gasteiger partial charge in [0, 0.05) is 16.6 Å². The maximum Gasteiger partial charge on any atom is 0.227 e. The van der Waals surface area contributed by atoms with Crippen molar-refractivity contribution in [2.45, 2.75) is 29.5 Å². The molecule has 0 aliphatic carbocycles. The molecule has 0 N–H and O–H groups in total. The van der Waals surface area contributed by atoms with E-state index in [1.54, 1.807) is 16.7 Å². The van der Waals surface area contributed by atoms with E-state index in [1.165, 1.54) is 0 Å². The Labute approximate surface area is 117 Å². The average Bonchev–Trinajstić information content (AvgIpc) is 2.68. The summed E-state index contributed by atoms with van der Waals surface area (Å²) < 4.78 is 23.7. The number of thioether (sulfide) groups is 1. The number of anilines is 1. The Hall–Kier alpha value is -1.01. The molecule has 0 spiro atoms. The Morgan fingerprint density at radius 2 is 2.11 bits per heavy atom. The molecule has 2 aliphatic rings. The smallest absolute Gasteiger partial charge is 0.227 e. The summed E-state index contributed by atoms with van der Waals surface area (Å²) in [4.78, 5) is 14.9. The first-order valence-corrected chi connectivity index (χ1v) is 9.00. The van der Waals surface area contributed by atoms with Gasteiger partial charge in [0.2, 0.25) is 5.91 Å². The molecule has 4 nitrogen and oxygen atoms in total. The van der Waals surface area contributed by atoms with Crippen LogP contribution in [-0.2, 0) is 14.6 Å². The molecule has 0 bridgehead atoms. The maximum atomic E-state index is 12.2. The van der Waals surface area contributed by atoms with Gasteiger partial charge in [-0.15, -0.1) is 11.8 Å². The summed E-state index contributed by atoms with van der Waals surface area (Å²) in [5.74, 6) is 0.259. The molecular weight excluding hydrogens is 282 g/mol. The first kappa shape index (κ1) is 13.0. The summed E-state index contributed by atoms with van der Waals surface area (Å²) in [5.41, 5.74) is 0.859. The molecule has 2 aliphatic heterocycles. The minimum atomic E-state index is -3.04. The molecule has 102 valence electrons. The van der Waals surface area contributed by atoms with Crippen LogP contribution >= 0.6 is 11.8 Å². The van der Waals surface area contributed by atoms with E-state index in [0.717, 1.165) is 10.6 Å². The zero-order chi connectivity index (χ0) is 13.6. The Bertz CT molecular complexity index is 627. The number of para-hydroxylation sites is 1.